The van der Waals surface area contributed by atoms with Gasteiger partial charge in [-0.2, -0.15) is 8.42 Å². The highest BCUT2D eigenvalue weighted by atomic mass is 32.2. The highest BCUT2D eigenvalue weighted by molar-refractivity contribution is 7.86. The molecule has 0 saturated heterocycles. The summed E-state index contributed by atoms with van der Waals surface area (Å²) in [6.45, 7) is 8.28. The van der Waals surface area contributed by atoms with Gasteiger partial charge in [-0.15, -0.1) is 0 Å². The molecular formula is C20H29NO5S. The van der Waals surface area contributed by atoms with Crippen LogP contribution >= 0.6 is 0 Å². The van der Waals surface area contributed by atoms with E-state index in [1.54, 1.807) is 18.2 Å². The van der Waals surface area contributed by atoms with Gasteiger partial charge in [-0.25, -0.2) is 4.79 Å². The predicted octanol–water partition coefficient (Wildman–Crippen LogP) is 3.83. The highest BCUT2D eigenvalue weighted by Gasteiger charge is 2.48. The van der Waals surface area contributed by atoms with E-state index < -0.39 is 15.7 Å². The van der Waals surface area contributed by atoms with E-state index in [1.807, 2.05) is 32.6 Å². The van der Waals surface area contributed by atoms with Crippen molar-refractivity contribution in [2.45, 2.75) is 69.4 Å². The van der Waals surface area contributed by atoms with Gasteiger partial charge in [0.05, 0.1) is 12.0 Å². The zero-order valence-corrected chi connectivity index (χ0v) is 17.5. The maximum atomic E-state index is 12.7. The van der Waals surface area contributed by atoms with Crippen molar-refractivity contribution < 1.29 is 22.1 Å². The van der Waals surface area contributed by atoms with Crippen LogP contribution < -0.4 is 0 Å². The molecule has 2 saturated carbocycles. The molecule has 2 aliphatic rings. The van der Waals surface area contributed by atoms with Gasteiger partial charge < -0.3 is 9.64 Å². The Kier molecular flexibility index (Phi) is 5.29. The molecule has 0 unspecified atom stereocenters. The second-order valence-electron chi connectivity index (χ2n) is 8.62. The fourth-order valence-electron chi connectivity index (χ4n) is 3.37. The van der Waals surface area contributed by atoms with Crippen LogP contribution in [0.5, 0.6) is 0 Å². The maximum Gasteiger partial charge on any atom is 0.410 e. The Labute approximate surface area is 162 Å². The first-order valence-corrected chi connectivity index (χ1v) is 10.8. The minimum atomic E-state index is -3.74. The third-order valence-corrected chi connectivity index (χ3v) is 6.37. The Morgan fingerprint density at radius 1 is 1.26 bits per heavy atom. The third-order valence-electron chi connectivity index (χ3n) is 5.10. The number of hydrogen-bond donors (Lipinski definition) is 0. The van der Waals surface area contributed by atoms with E-state index in [4.69, 9.17) is 4.74 Å². The number of carbonyl (C=O) groups excluding carboxylic acids is 1. The number of nitrogens with zero attached hydrogens (tertiary/aromatic N) is 1. The summed E-state index contributed by atoms with van der Waals surface area (Å²) in [5.41, 5.74) is 1.45. The molecule has 0 radical (unpaired) electrons. The lowest BCUT2D eigenvalue weighted by Gasteiger charge is -2.28. The van der Waals surface area contributed by atoms with Crippen LogP contribution in [-0.2, 0) is 19.0 Å². The van der Waals surface area contributed by atoms with Gasteiger partial charge in [0.25, 0.3) is 10.1 Å². The van der Waals surface area contributed by atoms with Crippen LogP contribution in [-0.4, -0.2) is 44.7 Å². The van der Waals surface area contributed by atoms with Crippen molar-refractivity contribution in [1.82, 2.24) is 4.90 Å². The molecule has 6 nitrogen and oxygen atoms in total. The molecule has 2 fully saturated rings. The fraction of sp³-hybridized carbons (Fsp3) is 0.650. The van der Waals surface area contributed by atoms with E-state index in [2.05, 4.69) is 4.18 Å². The molecule has 3 rings (SSSR count). The molecule has 0 bridgehead atoms. The van der Waals surface area contributed by atoms with Crippen molar-refractivity contribution in [1.29, 1.82) is 0 Å². The van der Waals surface area contributed by atoms with Gasteiger partial charge in [-0.1, -0.05) is 6.07 Å². The molecule has 7 heteroatoms. The maximum absolute atomic E-state index is 12.7. The van der Waals surface area contributed by atoms with Crippen molar-refractivity contribution in [3.63, 3.8) is 0 Å². The summed E-state index contributed by atoms with van der Waals surface area (Å²) >= 11 is 0. The summed E-state index contributed by atoms with van der Waals surface area (Å²) < 4.78 is 34.3. The molecule has 0 N–H and O–H groups in total. The normalized spacial score (nSPS) is 22.4. The Hall–Kier alpha value is -1.60. The molecular weight excluding hydrogens is 366 g/mol. The van der Waals surface area contributed by atoms with Crippen molar-refractivity contribution in [2.24, 2.45) is 5.92 Å². The zero-order chi connectivity index (χ0) is 20.0. The van der Waals surface area contributed by atoms with Crippen molar-refractivity contribution >= 4 is 16.2 Å². The van der Waals surface area contributed by atoms with Gasteiger partial charge in [0.2, 0.25) is 0 Å². The molecule has 0 spiro atoms. The largest absolute Gasteiger partial charge is 0.444 e. The van der Waals surface area contributed by atoms with E-state index in [0.29, 0.717) is 12.5 Å². The lowest BCUT2D eigenvalue weighted by molar-refractivity contribution is 0.0220. The van der Waals surface area contributed by atoms with Gasteiger partial charge in [0, 0.05) is 18.5 Å². The summed E-state index contributed by atoms with van der Waals surface area (Å²) in [4.78, 5) is 14.7. The molecule has 2 atom stereocenters. The van der Waals surface area contributed by atoms with E-state index >= 15 is 0 Å². The van der Waals surface area contributed by atoms with Crippen molar-refractivity contribution in [3.8, 4) is 0 Å². The number of rotatable bonds is 6. The lowest BCUT2D eigenvalue weighted by atomic mass is 10.0. The molecule has 1 aromatic rings. The Bertz CT molecular complexity index is 823. The van der Waals surface area contributed by atoms with Gasteiger partial charge in [0.1, 0.15) is 5.60 Å². The molecule has 1 aromatic carbocycles. The number of ether oxygens (including phenoxy) is 1. The standard InChI is InChI=1S/C20H29NO5S/c1-13-6-9-15(27(23,24)25-5)10-16(13)17-11-18(17)21(12-14-7-8-14)19(22)26-20(2,3)4/h6,9-10,14,17-18H,7-8,11-12H2,1-5H3/t17-,18+/m0/s1. The molecule has 2 aliphatic carbocycles. The number of carbonyl (C=O) groups is 1. The van der Waals surface area contributed by atoms with Gasteiger partial charge in [0.15, 0.2) is 0 Å². The molecule has 0 aromatic heterocycles. The monoisotopic (exact) mass is 395 g/mol. The topological polar surface area (TPSA) is 72.9 Å². The summed E-state index contributed by atoms with van der Waals surface area (Å²) in [5, 5.41) is 0. The van der Waals surface area contributed by atoms with Crippen LogP contribution in [0.4, 0.5) is 4.79 Å². The van der Waals surface area contributed by atoms with E-state index in [0.717, 1.165) is 37.5 Å². The quantitative estimate of drug-likeness (QED) is 0.685. The van der Waals surface area contributed by atoms with E-state index in [1.165, 1.54) is 0 Å². The number of hydrogen-bond acceptors (Lipinski definition) is 5. The summed E-state index contributed by atoms with van der Waals surface area (Å²) in [6, 6.07) is 5.10. The first-order chi connectivity index (χ1) is 12.5. The number of amides is 1. The molecule has 27 heavy (non-hydrogen) atoms. The average Bonchev–Trinajstić information content (AvgIpc) is 3.45. The summed E-state index contributed by atoms with van der Waals surface area (Å²) in [7, 11) is -2.57. The van der Waals surface area contributed by atoms with Crippen LogP contribution in [0.3, 0.4) is 0 Å². The van der Waals surface area contributed by atoms with Crippen LogP contribution in [0.15, 0.2) is 23.1 Å². The molecule has 0 aliphatic heterocycles. The Balaban J connectivity index is 1.81. The fourth-order valence-corrected chi connectivity index (χ4v) is 4.07. The van der Waals surface area contributed by atoms with Crippen molar-refractivity contribution in [3.05, 3.63) is 29.3 Å². The average molecular weight is 396 g/mol. The second kappa shape index (κ2) is 7.09. The third kappa shape index (κ3) is 4.82. The van der Waals surface area contributed by atoms with Gasteiger partial charge in [-0.05, 0) is 76.1 Å². The van der Waals surface area contributed by atoms with Crippen molar-refractivity contribution in [2.75, 3.05) is 13.7 Å². The summed E-state index contributed by atoms with van der Waals surface area (Å²) in [6.07, 6.45) is 2.85. The van der Waals surface area contributed by atoms with Crippen LogP contribution in [0, 0.1) is 12.8 Å². The highest BCUT2D eigenvalue weighted by Crippen LogP contribution is 2.48. The SMILES string of the molecule is COS(=O)(=O)c1ccc(C)c([C@@H]2C[C@H]2N(CC2CC2)C(=O)OC(C)(C)C)c1. The minimum Gasteiger partial charge on any atom is -0.444 e. The Morgan fingerprint density at radius 3 is 2.48 bits per heavy atom. The zero-order valence-electron chi connectivity index (χ0n) is 16.7. The van der Waals surface area contributed by atoms with Crippen LogP contribution in [0.1, 0.15) is 57.1 Å². The Morgan fingerprint density at radius 2 is 1.93 bits per heavy atom. The second-order valence-corrected chi connectivity index (χ2v) is 10.3. The first-order valence-electron chi connectivity index (χ1n) is 9.42. The van der Waals surface area contributed by atoms with Gasteiger partial charge in [-0.3, -0.25) is 4.18 Å². The van der Waals surface area contributed by atoms with E-state index in [9.17, 15) is 13.2 Å². The number of benzene rings is 1. The minimum absolute atomic E-state index is 0.0552. The molecule has 1 amide bonds. The van der Waals surface area contributed by atoms with E-state index in [-0.39, 0.29) is 22.9 Å². The molecule has 150 valence electrons. The smallest absolute Gasteiger partial charge is 0.410 e. The predicted molar refractivity (Wildman–Crippen MR) is 102 cm³/mol. The molecule has 0 heterocycles. The summed E-state index contributed by atoms with van der Waals surface area (Å²) in [5.74, 6) is 0.684. The first kappa shape index (κ1) is 20.1. The van der Waals surface area contributed by atoms with Crippen LogP contribution in [0.2, 0.25) is 0 Å². The lowest BCUT2D eigenvalue weighted by Crippen LogP contribution is -2.40. The number of aryl methyl sites for hydroxylation is 1. The van der Waals surface area contributed by atoms with Gasteiger partial charge >= 0.3 is 6.09 Å². The van der Waals surface area contributed by atoms with Crippen LogP contribution in [0.25, 0.3) is 0 Å².